The number of rotatable bonds is 12. The SMILES string of the molecule is CCNC(OC)c1ccccc1Nc1nc(Nc2ccc(N3CCC(C(N)=O)CC3)cc2OCC)ncc1Cl. The van der Waals surface area contributed by atoms with E-state index < -0.39 is 0 Å². The quantitative estimate of drug-likeness (QED) is 0.230. The lowest BCUT2D eigenvalue weighted by Gasteiger charge is -2.32. The van der Waals surface area contributed by atoms with E-state index in [0.29, 0.717) is 29.1 Å². The van der Waals surface area contributed by atoms with Gasteiger partial charge in [0.25, 0.3) is 0 Å². The third-order valence-corrected chi connectivity index (χ3v) is 6.92. The summed E-state index contributed by atoms with van der Waals surface area (Å²) in [7, 11) is 1.66. The van der Waals surface area contributed by atoms with Crippen molar-refractivity contribution in [3.05, 3.63) is 59.2 Å². The average molecular weight is 554 g/mol. The number of para-hydroxylation sites is 1. The zero-order chi connectivity index (χ0) is 27.8. The number of nitrogens with zero attached hydrogens (tertiary/aromatic N) is 3. The highest BCUT2D eigenvalue weighted by molar-refractivity contribution is 6.32. The number of methoxy groups -OCH3 is 1. The van der Waals surface area contributed by atoms with E-state index in [1.807, 2.05) is 56.3 Å². The summed E-state index contributed by atoms with van der Waals surface area (Å²) in [4.78, 5) is 22.8. The summed E-state index contributed by atoms with van der Waals surface area (Å²) in [5, 5.41) is 10.3. The molecule has 0 bridgehead atoms. The fourth-order valence-electron chi connectivity index (χ4n) is 4.62. The van der Waals surface area contributed by atoms with Gasteiger partial charge in [0, 0.05) is 49.1 Å². The minimum atomic E-state index is -0.286. The second-order valence-corrected chi connectivity index (χ2v) is 9.59. The maximum atomic E-state index is 11.5. The van der Waals surface area contributed by atoms with Crippen LogP contribution in [0.4, 0.5) is 28.8 Å². The first-order chi connectivity index (χ1) is 18.9. The van der Waals surface area contributed by atoms with Crippen molar-refractivity contribution < 1.29 is 14.3 Å². The Labute approximate surface area is 234 Å². The molecule has 208 valence electrons. The minimum Gasteiger partial charge on any atom is -0.492 e. The maximum Gasteiger partial charge on any atom is 0.229 e. The number of anilines is 5. The Morgan fingerprint density at radius 1 is 1.15 bits per heavy atom. The number of piperidine rings is 1. The van der Waals surface area contributed by atoms with E-state index in [9.17, 15) is 4.79 Å². The molecule has 0 radical (unpaired) electrons. The molecule has 1 unspecified atom stereocenters. The summed E-state index contributed by atoms with van der Waals surface area (Å²) in [6, 6.07) is 13.8. The molecule has 0 saturated carbocycles. The molecule has 1 atom stereocenters. The predicted molar refractivity (Wildman–Crippen MR) is 155 cm³/mol. The molecule has 4 rings (SSSR count). The predicted octanol–water partition coefficient (Wildman–Crippen LogP) is 4.97. The normalized spacial score (nSPS) is 14.6. The lowest BCUT2D eigenvalue weighted by molar-refractivity contribution is -0.122. The van der Waals surface area contributed by atoms with Gasteiger partial charge in [-0.15, -0.1) is 0 Å². The van der Waals surface area contributed by atoms with Gasteiger partial charge in [-0.3, -0.25) is 10.1 Å². The molecule has 2 heterocycles. The number of hydrogen-bond acceptors (Lipinski definition) is 9. The Balaban J connectivity index is 1.54. The van der Waals surface area contributed by atoms with Crippen molar-refractivity contribution in [3.8, 4) is 5.75 Å². The summed E-state index contributed by atoms with van der Waals surface area (Å²) in [6.07, 6.45) is 2.76. The minimum absolute atomic E-state index is 0.0614. The van der Waals surface area contributed by atoms with Crippen molar-refractivity contribution >= 4 is 46.3 Å². The van der Waals surface area contributed by atoms with Crippen LogP contribution in [0.15, 0.2) is 48.7 Å². The van der Waals surface area contributed by atoms with Gasteiger partial charge < -0.3 is 30.7 Å². The number of nitrogens with one attached hydrogen (secondary N) is 3. The second-order valence-electron chi connectivity index (χ2n) is 9.18. The molecule has 39 heavy (non-hydrogen) atoms. The van der Waals surface area contributed by atoms with Crippen molar-refractivity contribution in [1.82, 2.24) is 15.3 Å². The van der Waals surface area contributed by atoms with Crippen LogP contribution in [0.5, 0.6) is 5.75 Å². The van der Waals surface area contributed by atoms with Crippen LogP contribution in [-0.2, 0) is 9.53 Å². The zero-order valence-corrected chi connectivity index (χ0v) is 23.3. The van der Waals surface area contributed by atoms with Crippen LogP contribution in [-0.4, -0.2) is 49.2 Å². The standard InChI is InChI=1S/C28H36ClN7O3/c1-4-31-27(38-3)20-8-6-7-9-22(20)33-26-21(29)17-32-28(35-26)34-23-11-10-19(16-24(23)39-5-2)36-14-12-18(13-15-36)25(30)37/h6-11,16-18,27,31H,4-5,12-15H2,1-3H3,(H2,30,37)(H2,32,33,34,35). The summed E-state index contributed by atoms with van der Waals surface area (Å²) >= 11 is 6.47. The number of halogens is 1. The van der Waals surface area contributed by atoms with Gasteiger partial charge in [-0.1, -0.05) is 36.7 Å². The molecule has 3 aromatic rings. The van der Waals surface area contributed by atoms with Crippen molar-refractivity contribution in [3.63, 3.8) is 0 Å². The molecule has 0 spiro atoms. The highest BCUT2D eigenvalue weighted by Crippen LogP contribution is 2.35. The maximum absolute atomic E-state index is 11.5. The Kier molecular flexibility index (Phi) is 9.80. The molecule has 1 aromatic heterocycles. The zero-order valence-electron chi connectivity index (χ0n) is 22.5. The number of amides is 1. The van der Waals surface area contributed by atoms with Gasteiger partial charge in [0.15, 0.2) is 5.82 Å². The molecule has 5 N–H and O–H groups in total. The van der Waals surface area contributed by atoms with E-state index in [4.69, 9.17) is 26.8 Å². The summed E-state index contributed by atoms with van der Waals surface area (Å²) < 4.78 is 11.6. The van der Waals surface area contributed by atoms with Crippen LogP contribution >= 0.6 is 11.6 Å². The number of benzene rings is 2. The van der Waals surface area contributed by atoms with Gasteiger partial charge >= 0.3 is 0 Å². The molecule has 2 aromatic carbocycles. The lowest BCUT2D eigenvalue weighted by Crippen LogP contribution is -2.38. The number of carbonyl (C=O) groups is 1. The van der Waals surface area contributed by atoms with Crippen LogP contribution in [0.2, 0.25) is 5.02 Å². The first-order valence-corrected chi connectivity index (χ1v) is 13.5. The largest absolute Gasteiger partial charge is 0.492 e. The number of aromatic nitrogens is 2. The van der Waals surface area contributed by atoms with Crippen molar-refractivity contribution in [1.29, 1.82) is 0 Å². The van der Waals surface area contributed by atoms with Gasteiger partial charge in [-0.05, 0) is 44.5 Å². The summed E-state index contributed by atoms with van der Waals surface area (Å²) in [6.45, 7) is 6.74. The molecule has 1 aliphatic heterocycles. The van der Waals surface area contributed by atoms with Crippen LogP contribution in [0, 0.1) is 5.92 Å². The fourth-order valence-corrected chi connectivity index (χ4v) is 4.75. The number of nitrogens with two attached hydrogens (primary N) is 1. The number of ether oxygens (including phenoxy) is 2. The van der Waals surface area contributed by atoms with Crippen molar-refractivity contribution in [2.45, 2.75) is 32.9 Å². The van der Waals surface area contributed by atoms with Crippen LogP contribution in [0.25, 0.3) is 0 Å². The molecule has 11 heteroatoms. The lowest BCUT2D eigenvalue weighted by atomic mass is 9.96. The first-order valence-electron chi connectivity index (χ1n) is 13.2. The monoisotopic (exact) mass is 553 g/mol. The van der Waals surface area contributed by atoms with Gasteiger partial charge in [0.05, 0.1) is 18.5 Å². The van der Waals surface area contributed by atoms with Crippen LogP contribution < -0.4 is 31.3 Å². The Hall–Kier alpha value is -3.60. The molecule has 10 nitrogen and oxygen atoms in total. The molecule has 1 fully saturated rings. The molecule has 0 aliphatic carbocycles. The van der Waals surface area contributed by atoms with E-state index >= 15 is 0 Å². The van der Waals surface area contributed by atoms with Gasteiger partial charge in [0.2, 0.25) is 11.9 Å². The molecule has 1 aliphatic rings. The van der Waals surface area contributed by atoms with Crippen LogP contribution in [0.3, 0.4) is 0 Å². The summed E-state index contributed by atoms with van der Waals surface area (Å²) in [5.74, 6) is 1.22. The Bertz CT molecular complexity index is 1270. The van der Waals surface area contributed by atoms with E-state index in [1.54, 1.807) is 13.3 Å². The third-order valence-electron chi connectivity index (χ3n) is 6.64. The van der Waals surface area contributed by atoms with Crippen LogP contribution in [0.1, 0.15) is 38.5 Å². The van der Waals surface area contributed by atoms with E-state index in [2.05, 4.69) is 30.8 Å². The average Bonchev–Trinajstić information content (AvgIpc) is 2.95. The van der Waals surface area contributed by atoms with Gasteiger partial charge in [-0.2, -0.15) is 4.98 Å². The van der Waals surface area contributed by atoms with Gasteiger partial charge in [-0.25, -0.2) is 4.98 Å². The first kappa shape index (κ1) is 28.4. The fraction of sp³-hybridized carbons (Fsp3) is 0.393. The summed E-state index contributed by atoms with van der Waals surface area (Å²) in [5.41, 5.74) is 8.99. The van der Waals surface area contributed by atoms with E-state index in [-0.39, 0.29) is 18.1 Å². The smallest absolute Gasteiger partial charge is 0.229 e. The number of primary amides is 1. The van der Waals surface area contributed by atoms with Crippen molar-refractivity contribution in [2.75, 3.05) is 48.9 Å². The van der Waals surface area contributed by atoms with Gasteiger partial charge in [0.1, 0.15) is 17.0 Å². The Morgan fingerprint density at radius 3 is 2.62 bits per heavy atom. The molecule has 1 saturated heterocycles. The molecule has 1 amide bonds. The molecular weight excluding hydrogens is 518 g/mol. The second kappa shape index (κ2) is 13.5. The Morgan fingerprint density at radius 2 is 1.92 bits per heavy atom. The number of carbonyl (C=O) groups excluding carboxylic acids is 1. The van der Waals surface area contributed by atoms with E-state index in [1.165, 1.54) is 0 Å². The highest BCUT2D eigenvalue weighted by atomic mass is 35.5. The topological polar surface area (TPSA) is 127 Å². The van der Waals surface area contributed by atoms with E-state index in [0.717, 1.165) is 55.1 Å². The third kappa shape index (κ3) is 7.08. The van der Waals surface area contributed by atoms with Crippen molar-refractivity contribution in [2.24, 2.45) is 11.7 Å². The number of hydrogen-bond donors (Lipinski definition) is 4. The molecular formula is C28H36ClN7O3. The highest BCUT2D eigenvalue weighted by Gasteiger charge is 2.24.